The molecule has 0 bridgehead atoms. The maximum atomic E-state index is 4.11. The Labute approximate surface area is 82.1 Å². The quantitative estimate of drug-likeness (QED) is 0.649. The molecule has 13 heavy (non-hydrogen) atoms. The van der Waals surface area contributed by atoms with Gasteiger partial charge >= 0.3 is 0 Å². The van der Waals surface area contributed by atoms with E-state index in [4.69, 9.17) is 0 Å². The zero-order valence-corrected chi connectivity index (χ0v) is 8.31. The van der Waals surface area contributed by atoms with E-state index in [1.165, 1.54) is 24.6 Å². The van der Waals surface area contributed by atoms with Crippen LogP contribution in [0.1, 0.15) is 18.5 Å². The first-order valence-corrected chi connectivity index (χ1v) is 5.39. The smallest absolute Gasteiger partial charge is 0.0880 e. The molecule has 1 heterocycles. The lowest BCUT2D eigenvalue weighted by molar-refractivity contribution is 0.605. The highest BCUT2D eigenvalue weighted by atomic mass is 32.1. The second-order valence-electron chi connectivity index (χ2n) is 3.30. The van der Waals surface area contributed by atoms with Crippen molar-refractivity contribution in [2.24, 2.45) is 0 Å². The van der Waals surface area contributed by atoms with Crippen molar-refractivity contribution >= 4 is 11.7 Å². The van der Waals surface area contributed by atoms with E-state index < -0.39 is 0 Å². The number of nitrogens with one attached hydrogen (secondary N) is 2. The Kier molecular flexibility index (Phi) is 3.23. The summed E-state index contributed by atoms with van der Waals surface area (Å²) in [4.78, 5) is 0. The average molecular weight is 198 g/mol. The Hall–Kier alpha value is -0.520. The predicted molar refractivity (Wildman–Crippen MR) is 52.6 cm³/mol. The third-order valence-electron chi connectivity index (χ3n) is 2.03. The van der Waals surface area contributed by atoms with Crippen molar-refractivity contribution in [1.82, 2.24) is 19.4 Å². The molecule has 4 nitrogen and oxygen atoms in total. The van der Waals surface area contributed by atoms with Crippen molar-refractivity contribution in [2.45, 2.75) is 25.4 Å². The molecule has 0 radical (unpaired) electrons. The van der Waals surface area contributed by atoms with Crippen molar-refractivity contribution in [2.75, 3.05) is 13.1 Å². The molecule has 0 amide bonds. The summed E-state index contributed by atoms with van der Waals surface area (Å²) >= 11 is 1.26. The first-order chi connectivity index (χ1) is 6.45. The molecular weight excluding hydrogens is 184 g/mol. The molecule has 0 atom stereocenters. The van der Waals surface area contributed by atoms with Gasteiger partial charge in [-0.05, 0) is 12.8 Å². The molecule has 1 aliphatic carbocycles. The topological polar surface area (TPSA) is 49.8 Å². The molecule has 2 rings (SSSR count). The molecule has 2 N–H and O–H groups in total. The first kappa shape index (κ1) is 9.05. The standard InChI is InChI=1S/C8H14N4S/c1-2-7(1)10-4-3-9-5-8-6-11-13-12-8/h6-7,9-10H,1-5H2. The molecule has 1 aromatic rings. The molecule has 5 heteroatoms. The summed E-state index contributed by atoms with van der Waals surface area (Å²) in [5.74, 6) is 0. The van der Waals surface area contributed by atoms with Crippen molar-refractivity contribution < 1.29 is 0 Å². The van der Waals surface area contributed by atoms with E-state index >= 15 is 0 Å². The number of nitrogens with zero attached hydrogens (tertiary/aromatic N) is 2. The summed E-state index contributed by atoms with van der Waals surface area (Å²) in [6.45, 7) is 2.90. The monoisotopic (exact) mass is 198 g/mol. The van der Waals surface area contributed by atoms with Crippen LogP contribution in [0.3, 0.4) is 0 Å². The third-order valence-corrected chi connectivity index (χ3v) is 2.54. The third kappa shape index (κ3) is 3.38. The van der Waals surface area contributed by atoms with Crippen LogP contribution in [0.4, 0.5) is 0 Å². The van der Waals surface area contributed by atoms with Gasteiger partial charge in [0.25, 0.3) is 0 Å². The average Bonchev–Trinajstić information content (AvgIpc) is 2.81. The second-order valence-corrected chi connectivity index (χ2v) is 3.86. The summed E-state index contributed by atoms with van der Waals surface area (Å²) in [5.41, 5.74) is 1.04. The Morgan fingerprint density at radius 3 is 3.08 bits per heavy atom. The van der Waals surface area contributed by atoms with Crippen molar-refractivity contribution in [3.05, 3.63) is 11.9 Å². The fraction of sp³-hybridized carbons (Fsp3) is 0.750. The van der Waals surface area contributed by atoms with Gasteiger partial charge in [0.05, 0.1) is 23.6 Å². The van der Waals surface area contributed by atoms with Gasteiger partial charge in [-0.1, -0.05) is 0 Å². The fourth-order valence-corrected chi connectivity index (χ4v) is 1.56. The molecule has 72 valence electrons. The maximum Gasteiger partial charge on any atom is 0.0880 e. The van der Waals surface area contributed by atoms with Gasteiger partial charge in [0.2, 0.25) is 0 Å². The van der Waals surface area contributed by atoms with E-state index in [-0.39, 0.29) is 0 Å². The molecule has 1 aliphatic rings. The Balaban J connectivity index is 1.48. The minimum atomic E-state index is 0.808. The van der Waals surface area contributed by atoms with Crippen molar-refractivity contribution in [3.63, 3.8) is 0 Å². The predicted octanol–water partition coefficient (Wildman–Crippen LogP) is 0.380. The van der Waals surface area contributed by atoms with Gasteiger partial charge in [-0.2, -0.15) is 8.75 Å². The zero-order valence-electron chi connectivity index (χ0n) is 7.49. The Morgan fingerprint density at radius 2 is 2.38 bits per heavy atom. The first-order valence-electron chi connectivity index (χ1n) is 4.66. The molecule has 0 aliphatic heterocycles. The summed E-state index contributed by atoms with van der Waals surface area (Å²) in [5, 5.41) is 6.75. The van der Waals surface area contributed by atoms with Crippen LogP contribution >= 0.6 is 11.7 Å². The molecule has 0 unspecified atom stereocenters. The molecule has 1 saturated carbocycles. The van der Waals surface area contributed by atoms with Crippen LogP contribution in [0.2, 0.25) is 0 Å². The Bertz CT molecular complexity index is 232. The molecule has 0 saturated heterocycles. The van der Waals surface area contributed by atoms with E-state index in [0.29, 0.717) is 0 Å². The lowest BCUT2D eigenvalue weighted by Gasteiger charge is -2.02. The van der Waals surface area contributed by atoms with Gasteiger partial charge < -0.3 is 10.6 Å². The summed E-state index contributed by atoms with van der Waals surface area (Å²) in [6, 6.07) is 0.808. The van der Waals surface area contributed by atoms with E-state index in [1.807, 2.05) is 6.20 Å². The van der Waals surface area contributed by atoms with Crippen LogP contribution in [0, 0.1) is 0 Å². The van der Waals surface area contributed by atoms with Crippen LogP contribution in [-0.2, 0) is 6.54 Å². The van der Waals surface area contributed by atoms with E-state index in [1.54, 1.807) is 0 Å². The normalized spacial score (nSPS) is 16.3. The summed E-state index contributed by atoms with van der Waals surface area (Å²) in [7, 11) is 0. The molecule has 1 fully saturated rings. The van der Waals surface area contributed by atoms with Crippen molar-refractivity contribution in [1.29, 1.82) is 0 Å². The van der Waals surface area contributed by atoms with Crippen LogP contribution in [0.15, 0.2) is 6.20 Å². The van der Waals surface area contributed by atoms with Gasteiger partial charge in [-0.3, -0.25) is 0 Å². The minimum absolute atomic E-state index is 0.808. The van der Waals surface area contributed by atoms with E-state index in [9.17, 15) is 0 Å². The van der Waals surface area contributed by atoms with Gasteiger partial charge in [0.1, 0.15) is 0 Å². The lowest BCUT2D eigenvalue weighted by atomic mass is 10.4. The largest absolute Gasteiger partial charge is 0.313 e. The number of hydrogen-bond acceptors (Lipinski definition) is 5. The number of rotatable bonds is 6. The van der Waals surface area contributed by atoms with Crippen LogP contribution in [0.25, 0.3) is 0 Å². The highest BCUT2D eigenvalue weighted by Gasteiger charge is 2.19. The van der Waals surface area contributed by atoms with Gasteiger partial charge in [0, 0.05) is 25.7 Å². The highest BCUT2D eigenvalue weighted by molar-refractivity contribution is 6.99. The molecule has 1 aromatic heterocycles. The second kappa shape index (κ2) is 4.64. The van der Waals surface area contributed by atoms with Crippen LogP contribution < -0.4 is 10.6 Å². The summed E-state index contributed by atoms with van der Waals surface area (Å²) < 4.78 is 8.04. The van der Waals surface area contributed by atoms with Gasteiger partial charge in [-0.25, -0.2) is 0 Å². The molecule has 0 aromatic carbocycles. The van der Waals surface area contributed by atoms with Gasteiger partial charge in [0.15, 0.2) is 0 Å². The fourth-order valence-electron chi connectivity index (χ4n) is 1.13. The van der Waals surface area contributed by atoms with Crippen LogP contribution in [0.5, 0.6) is 0 Å². The zero-order chi connectivity index (χ0) is 8.93. The summed E-state index contributed by atoms with van der Waals surface area (Å²) in [6.07, 6.45) is 4.53. The molecule has 0 spiro atoms. The highest BCUT2D eigenvalue weighted by Crippen LogP contribution is 2.17. The lowest BCUT2D eigenvalue weighted by Crippen LogP contribution is -2.28. The van der Waals surface area contributed by atoms with Crippen molar-refractivity contribution in [3.8, 4) is 0 Å². The maximum absolute atomic E-state index is 4.11. The van der Waals surface area contributed by atoms with E-state index in [2.05, 4.69) is 19.4 Å². The molecular formula is C8H14N4S. The Morgan fingerprint density at radius 1 is 1.46 bits per heavy atom. The van der Waals surface area contributed by atoms with Crippen LogP contribution in [-0.4, -0.2) is 27.9 Å². The number of hydrogen-bond donors (Lipinski definition) is 2. The number of aromatic nitrogens is 2. The minimum Gasteiger partial charge on any atom is -0.313 e. The van der Waals surface area contributed by atoms with E-state index in [0.717, 1.165) is 31.4 Å². The SMILES string of the molecule is c1nsnc1CNCCNC1CC1. The van der Waals surface area contributed by atoms with Gasteiger partial charge in [-0.15, -0.1) is 0 Å².